The van der Waals surface area contributed by atoms with E-state index in [4.69, 9.17) is 0 Å². The Hall–Kier alpha value is -1.06. The molecule has 1 atom stereocenters. The molecule has 2 heterocycles. The van der Waals surface area contributed by atoms with Crippen LogP contribution in [0.3, 0.4) is 0 Å². The van der Waals surface area contributed by atoms with Gasteiger partial charge in [-0.2, -0.15) is 0 Å². The normalized spacial score (nSPS) is 30.2. The Labute approximate surface area is 64.5 Å². The molecule has 0 aliphatic carbocycles. The molecule has 1 unspecified atom stereocenters. The van der Waals surface area contributed by atoms with Crippen molar-refractivity contribution < 1.29 is 9.59 Å². The monoisotopic (exact) mass is 154 g/mol. The van der Waals surface area contributed by atoms with Crippen LogP contribution in [0, 0.1) is 0 Å². The summed E-state index contributed by atoms with van der Waals surface area (Å²) < 4.78 is 0. The van der Waals surface area contributed by atoms with Gasteiger partial charge in [-0.3, -0.25) is 10.1 Å². The van der Waals surface area contributed by atoms with Crippen LogP contribution in [0.25, 0.3) is 0 Å². The first-order valence-corrected chi connectivity index (χ1v) is 3.90. The van der Waals surface area contributed by atoms with Crippen LogP contribution in [0.1, 0.15) is 19.3 Å². The van der Waals surface area contributed by atoms with E-state index in [9.17, 15) is 9.59 Å². The largest absolute Gasteiger partial charge is 0.324 e. The molecule has 0 radical (unpaired) electrons. The summed E-state index contributed by atoms with van der Waals surface area (Å²) in [6.45, 7) is 0.738. The maximum atomic E-state index is 11.0. The standard InChI is InChI=1S/C7H10N2O2/c10-6-5-3-1-2-4-9(5)7(11)8-6/h5H,1-4H2,(H,8,10,11). The summed E-state index contributed by atoms with van der Waals surface area (Å²) in [7, 11) is 0. The van der Waals surface area contributed by atoms with Gasteiger partial charge in [-0.05, 0) is 19.3 Å². The molecule has 3 amide bonds. The number of piperidine rings is 1. The van der Waals surface area contributed by atoms with Crippen molar-refractivity contribution in [2.45, 2.75) is 25.3 Å². The number of carbonyl (C=O) groups excluding carboxylic acids is 2. The predicted octanol–water partition coefficient (Wildman–Crippen LogP) is 0.0907. The zero-order chi connectivity index (χ0) is 7.84. The Morgan fingerprint density at radius 1 is 1.36 bits per heavy atom. The first kappa shape index (κ1) is 6.64. The van der Waals surface area contributed by atoms with Crippen LogP contribution >= 0.6 is 0 Å². The van der Waals surface area contributed by atoms with Crippen molar-refractivity contribution in [2.24, 2.45) is 0 Å². The van der Waals surface area contributed by atoms with Gasteiger partial charge in [-0.25, -0.2) is 4.79 Å². The number of hydrogen-bond acceptors (Lipinski definition) is 2. The minimum absolute atomic E-state index is 0.116. The number of carbonyl (C=O) groups is 2. The highest BCUT2D eigenvalue weighted by atomic mass is 16.2. The van der Waals surface area contributed by atoms with E-state index in [1.165, 1.54) is 0 Å². The maximum absolute atomic E-state index is 11.0. The Balaban J connectivity index is 2.19. The van der Waals surface area contributed by atoms with Gasteiger partial charge in [-0.1, -0.05) is 0 Å². The summed E-state index contributed by atoms with van der Waals surface area (Å²) in [5.74, 6) is -0.116. The van der Waals surface area contributed by atoms with Crippen molar-refractivity contribution in [1.82, 2.24) is 10.2 Å². The number of rotatable bonds is 0. The third kappa shape index (κ3) is 0.895. The van der Waals surface area contributed by atoms with Crippen LogP contribution in [-0.4, -0.2) is 29.4 Å². The van der Waals surface area contributed by atoms with Crippen molar-refractivity contribution in [3.05, 3.63) is 0 Å². The second-order valence-corrected chi connectivity index (χ2v) is 3.00. The molecule has 2 aliphatic heterocycles. The molecule has 2 rings (SSSR count). The molecule has 4 nitrogen and oxygen atoms in total. The predicted molar refractivity (Wildman–Crippen MR) is 37.9 cm³/mol. The second-order valence-electron chi connectivity index (χ2n) is 3.00. The molecule has 60 valence electrons. The lowest BCUT2D eigenvalue weighted by molar-refractivity contribution is -0.122. The van der Waals surface area contributed by atoms with E-state index in [2.05, 4.69) is 5.32 Å². The number of fused-ring (bicyclic) bond motifs is 1. The lowest BCUT2D eigenvalue weighted by atomic mass is 10.0. The molecular weight excluding hydrogens is 144 g/mol. The summed E-state index contributed by atoms with van der Waals surface area (Å²) in [6.07, 6.45) is 2.91. The first-order valence-electron chi connectivity index (χ1n) is 3.90. The summed E-state index contributed by atoms with van der Waals surface area (Å²) in [4.78, 5) is 23.7. The smallest absolute Gasteiger partial charge is 0.312 e. The second kappa shape index (κ2) is 2.22. The van der Waals surface area contributed by atoms with Gasteiger partial charge in [-0.15, -0.1) is 0 Å². The van der Waals surface area contributed by atoms with E-state index >= 15 is 0 Å². The number of nitrogens with zero attached hydrogens (tertiary/aromatic N) is 1. The number of urea groups is 1. The van der Waals surface area contributed by atoms with Crippen LogP contribution in [0.2, 0.25) is 0 Å². The van der Waals surface area contributed by atoms with Crippen LogP contribution in [-0.2, 0) is 4.79 Å². The van der Waals surface area contributed by atoms with Crippen molar-refractivity contribution in [1.29, 1.82) is 0 Å². The summed E-state index contributed by atoms with van der Waals surface area (Å²) in [5.41, 5.74) is 0. The van der Waals surface area contributed by atoms with Crippen molar-refractivity contribution >= 4 is 11.9 Å². The molecule has 0 saturated carbocycles. The van der Waals surface area contributed by atoms with Gasteiger partial charge in [0.1, 0.15) is 6.04 Å². The van der Waals surface area contributed by atoms with Crippen molar-refractivity contribution in [2.75, 3.05) is 6.54 Å². The summed E-state index contributed by atoms with van der Waals surface area (Å²) >= 11 is 0. The topological polar surface area (TPSA) is 49.4 Å². The lowest BCUT2D eigenvalue weighted by Gasteiger charge is -2.25. The Kier molecular flexibility index (Phi) is 1.34. The van der Waals surface area contributed by atoms with Gasteiger partial charge in [0.25, 0.3) is 5.91 Å². The van der Waals surface area contributed by atoms with Gasteiger partial charge in [0.2, 0.25) is 0 Å². The third-order valence-corrected chi connectivity index (χ3v) is 2.30. The molecule has 11 heavy (non-hydrogen) atoms. The van der Waals surface area contributed by atoms with Crippen molar-refractivity contribution in [3.63, 3.8) is 0 Å². The molecule has 0 spiro atoms. The van der Waals surface area contributed by atoms with Crippen LogP contribution < -0.4 is 5.32 Å². The van der Waals surface area contributed by atoms with Crippen LogP contribution in [0.4, 0.5) is 4.79 Å². The van der Waals surface area contributed by atoms with Gasteiger partial charge in [0.05, 0.1) is 0 Å². The molecule has 0 bridgehead atoms. The van der Waals surface area contributed by atoms with E-state index < -0.39 is 0 Å². The fraction of sp³-hybridized carbons (Fsp3) is 0.714. The molecule has 0 aromatic heterocycles. The quantitative estimate of drug-likeness (QED) is 0.503. The summed E-state index contributed by atoms with van der Waals surface area (Å²) in [6, 6.07) is -0.365. The first-order chi connectivity index (χ1) is 5.29. The van der Waals surface area contributed by atoms with Gasteiger partial charge in [0, 0.05) is 6.54 Å². The van der Waals surface area contributed by atoms with Gasteiger partial charge < -0.3 is 4.90 Å². The van der Waals surface area contributed by atoms with E-state index in [0.29, 0.717) is 0 Å². The van der Waals surface area contributed by atoms with E-state index in [0.717, 1.165) is 25.8 Å². The van der Waals surface area contributed by atoms with E-state index in [-0.39, 0.29) is 18.0 Å². The molecule has 2 aliphatic rings. The molecule has 0 aromatic rings. The number of amides is 3. The third-order valence-electron chi connectivity index (χ3n) is 2.30. The van der Waals surface area contributed by atoms with Crippen molar-refractivity contribution in [3.8, 4) is 0 Å². The highest BCUT2D eigenvalue weighted by molar-refractivity contribution is 6.04. The minimum Gasteiger partial charge on any atom is -0.312 e. The zero-order valence-corrected chi connectivity index (χ0v) is 6.17. The average molecular weight is 154 g/mol. The highest BCUT2D eigenvalue weighted by Gasteiger charge is 2.39. The fourth-order valence-electron chi connectivity index (χ4n) is 1.71. The molecule has 2 saturated heterocycles. The number of nitrogens with one attached hydrogen (secondary N) is 1. The van der Waals surface area contributed by atoms with E-state index in [1.807, 2.05) is 0 Å². The Morgan fingerprint density at radius 3 is 2.91 bits per heavy atom. The summed E-state index contributed by atoms with van der Waals surface area (Å²) in [5, 5.41) is 2.31. The van der Waals surface area contributed by atoms with Crippen LogP contribution in [0.15, 0.2) is 0 Å². The fourth-order valence-corrected chi connectivity index (χ4v) is 1.71. The molecule has 1 N–H and O–H groups in total. The maximum Gasteiger partial charge on any atom is 0.324 e. The minimum atomic E-state index is -0.209. The van der Waals surface area contributed by atoms with Crippen LogP contribution in [0.5, 0.6) is 0 Å². The molecular formula is C7H10N2O2. The zero-order valence-electron chi connectivity index (χ0n) is 6.17. The highest BCUT2D eigenvalue weighted by Crippen LogP contribution is 2.20. The van der Waals surface area contributed by atoms with Gasteiger partial charge >= 0.3 is 6.03 Å². The number of imide groups is 1. The number of hydrogen-bond donors (Lipinski definition) is 1. The van der Waals surface area contributed by atoms with E-state index in [1.54, 1.807) is 4.90 Å². The molecule has 0 aromatic carbocycles. The molecule has 2 fully saturated rings. The average Bonchev–Trinajstić information content (AvgIpc) is 2.30. The van der Waals surface area contributed by atoms with Gasteiger partial charge in [0.15, 0.2) is 0 Å². The molecule has 4 heteroatoms. The Morgan fingerprint density at radius 2 is 2.18 bits per heavy atom. The SMILES string of the molecule is O=C1NC(=O)N2CCCCC12. The Bertz CT molecular complexity index is 192. The lowest BCUT2D eigenvalue weighted by Crippen LogP contribution is -2.38.